The molecule has 0 spiro atoms. The van der Waals surface area contributed by atoms with Gasteiger partial charge in [0.15, 0.2) is 0 Å². The number of nitrogens with zero attached hydrogens (tertiary/aromatic N) is 1. The molecule has 1 amide bonds. The zero-order valence-corrected chi connectivity index (χ0v) is 11.9. The molecule has 0 aliphatic carbocycles. The zero-order chi connectivity index (χ0) is 13.7. The van der Waals surface area contributed by atoms with Gasteiger partial charge in [-0.3, -0.25) is 9.78 Å². The summed E-state index contributed by atoms with van der Waals surface area (Å²) < 4.78 is 0. The van der Waals surface area contributed by atoms with Crippen molar-refractivity contribution in [1.29, 1.82) is 0 Å². The Hall–Kier alpha value is -1.88. The maximum Gasteiger partial charge on any atom is 0.270 e. The Morgan fingerprint density at radius 3 is 2.89 bits per heavy atom. The van der Waals surface area contributed by atoms with Gasteiger partial charge in [-0.1, -0.05) is 0 Å². The van der Waals surface area contributed by atoms with Crippen LogP contribution in [0, 0.1) is 6.92 Å². The first-order chi connectivity index (χ1) is 9.19. The van der Waals surface area contributed by atoms with Crippen molar-refractivity contribution in [2.45, 2.75) is 20.4 Å². The van der Waals surface area contributed by atoms with E-state index < -0.39 is 0 Å². The third-order valence-corrected chi connectivity index (χ3v) is 3.59. The van der Waals surface area contributed by atoms with Crippen molar-refractivity contribution >= 4 is 22.9 Å². The first-order valence-corrected chi connectivity index (χ1v) is 7.04. The Morgan fingerprint density at radius 2 is 2.21 bits per heavy atom. The number of pyridine rings is 1. The lowest BCUT2D eigenvalue weighted by molar-refractivity contribution is 0.0946. The number of rotatable bonds is 5. The van der Waals surface area contributed by atoms with Crippen LogP contribution in [0.25, 0.3) is 0 Å². The van der Waals surface area contributed by atoms with Crippen molar-refractivity contribution < 1.29 is 4.79 Å². The molecule has 0 saturated carbocycles. The highest BCUT2D eigenvalue weighted by atomic mass is 32.1. The van der Waals surface area contributed by atoms with E-state index in [0.717, 1.165) is 17.1 Å². The molecule has 2 aromatic heterocycles. The zero-order valence-electron chi connectivity index (χ0n) is 11.1. The van der Waals surface area contributed by atoms with Crippen molar-refractivity contribution in [2.24, 2.45) is 0 Å². The minimum Gasteiger partial charge on any atom is -0.385 e. The molecule has 0 radical (unpaired) electrons. The number of anilines is 1. The Morgan fingerprint density at radius 1 is 1.37 bits per heavy atom. The van der Waals surface area contributed by atoms with Crippen molar-refractivity contribution in [3.05, 3.63) is 45.9 Å². The van der Waals surface area contributed by atoms with Crippen LogP contribution in [0.15, 0.2) is 30.5 Å². The minimum atomic E-state index is -0.147. The van der Waals surface area contributed by atoms with E-state index in [4.69, 9.17) is 0 Å². The number of carbonyl (C=O) groups is 1. The van der Waals surface area contributed by atoms with Gasteiger partial charge in [-0.15, -0.1) is 11.3 Å². The van der Waals surface area contributed by atoms with Crippen LogP contribution < -0.4 is 10.6 Å². The van der Waals surface area contributed by atoms with E-state index in [9.17, 15) is 4.79 Å². The van der Waals surface area contributed by atoms with E-state index in [2.05, 4.69) is 28.6 Å². The van der Waals surface area contributed by atoms with Gasteiger partial charge in [-0.05, 0) is 38.1 Å². The summed E-state index contributed by atoms with van der Waals surface area (Å²) in [5, 5.41) is 6.04. The molecule has 19 heavy (non-hydrogen) atoms. The summed E-state index contributed by atoms with van der Waals surface area (Å²) in [6.45, 7) is 5.43. The number of thiophene rings is 1. The highest BCUT2D eigenvalue weighted by molar-refractivity contribution is 7.11. The Bertz CT molecular complexity index is 565. The molecule has 0 aliphatic rings. The van der Waals surface area contributed by atoms with Crippen molar-refractivity contribution in [1.82, 2.24) is 10.3 Å². The van der Waals surface area contributed by atoms with Gasteiger partial charge >= 0.3 is 0 Å². The van der Waals surface area contributed by atoms with Crippen LogP contribution in [0.2, 0.25) is 0 Å². The summed E-state index contributed by atoms with van der Waals surface area (Å²) >= 11 is 1.69. The van der Waals surface area contributed by atoms with Gasteiger partial charge in [-0.2, -0.15) is 0 Å². The predicted molar refractivity (Wildman–Crippen MR) is 78.6 cm³/mol. The van der Waals surface area contributed by atoms with Gasteiger partial charge in [0.05, 0.1) is 6.54 Å². The molecule has 100 valence electrons. The molecule has 0 aliphatic heterocycles. The number of nitrogens with one attached hydrogen (secondary N) is 2. The minimum absolute atomic E-state index is 0.147. The third kappa shape index (κ3) is 3.79. The van der Waals surface area contributed by atoms with Crippen molar-refractivity contribution in [2.75, 3.05) is 11.9 Å². The van der Waals surface area contributed by atoms with Crippen LogP contribution in [0.3, 0.4) is 0 Å². The van der Waals surface area contributed by atoms with Crippen LogP contribution in [-0.4, -0.2) is 17.4 Å². The van der Waals surface area contributed by atoms with Gasteiger partial charge in [0, 0.05) is 28.2 Å². The van der Waals surface area contributed by atoms with Crippen molar-refractivity contribution in [3.63, 3.8) is 0 Å². The summed E-state index contributed by atoms with van der Waals surface area (Å²) in [6, 6.07) is 7.69. The molecule has 4 nitrogen and oxygen atoms in total. The Labute approximate surface area is 116 Å². The van der Waals surface area contributed by atoms with Gasteiger partial charge in [0.25, 0.3) is 5.91 Å². The van der Waals surface area contributed by atoms with E-state index in [1.54, 1.807) is 23.6 Å². The van der Waals surface area contributed by atoms with Crippen LogP contribution in [0.5, 0.6) is 0 Å². The molecule has 0 unspecified atom stereocenters. The van der Waals surface area contributed by atoms with E-state index in [0.29, 0.717) is 12.2 Å². The topological polar surface area (TPSA) is 54.0 Å². The number of aromatic nitrogens is 1. The average Bonchev–Trinajstić information content (AvgIpc) is 2.82. The van der Waals surface area contributed by atoms with E-state index in [-0.39, 0.29) is 5.91 Å². The first-order valence-electron chi connectivity index (χ1n) is 6.22. The summed E-state index contributed by atoms with van der Waals surface area (Å²) in [5.41, 5.74) is 1.35. The van der Waals surface area contributed by atoms with Crippen molar-refractivity contribution in [3.8, 4) is 0 Å². The highest BCUT2D eigenvalue weighted by Gasteiger charge is 2.08. The number of hydrogen-bond donors (Lipinski definition) is 2. The second-order valence-electron chi connectivity index (χ2n) is 4.16. The fraction of sp³-hybridized carbons (Fsp3) is 0.286. The van der Waals surface area contributed by atoms with Gasteiger partial charge in [-0.25, -0.2) is 0 Å². The molecule has 2 rings (SSSR count). The smallest absolute Gasteiger partial charge is 0.270 e. The van der Waals surface area contributed by atoms with Crippen LogP contribution in [0.1, 0.15) is 27.2 Å². The monoisotopic (exact) mass is 275 g/mol. The van der Waals surface area contributed by atoms with Crippen LogP contribution in [-0.2, 0) is 6.54 Å². The van der Waals surface area contributed by atoms with E-state index in [1.165, 1.54) is 4.88 Å². The summed E-state index contributed by atoms with van der Waals surface area (Å²) in [7, 11) is 0. The molecule has 0 fully saturated rings. The molecule has 2 N–H and O–H groups in total. The van der Waals surface area contributed by atoms with Gasteiger partial charge < -0.3 is 10.6 Å². The molecule has 2 aromatic rings. The largest absolute Gasteiger partial charge is 0.385 e. The van der Waals surface area contributed by atoms with E-state index in [1.807, 2.05) is 19.1 Å². The third-order valence-electron chi connectivity index (χ3n) is 2.59. The number of carbonyl (C=O) groups excluding carboxylic acids is 1. The first kappa shape index (κ1) is 13.5. The van der Waals surface area contributed by atoms with Gasteiger partial charge in [0.1, 0.15) is 5.69 Å². The molecular weight excluding hydrogens is 258 g/mol. The summed E-state index contributed by atoms with van der Waals surface area (Å²) in [5.74, 6) is -0.147. The van der Waals surface area contributed by atoms with Crippen LogP contribution >= 0.6 is 11.3 Å². The SMILES string of the molecule is CCNc1ccnc(C(=O)NCc2ccc(C)s2)c1. The lowest BCUT2D eigenvalue weighted by Crippen LogP contribution is -2.23. The maximum atomic E-state index is 12.0. The van der Waals surface area contributed by atoms with E-state index >= 15 is 0 Å². The Kier molecular flexibility index (Phi) is 4.52. The molecular formula is C14H17N3OS. The van der Waals surface area contributed by atoms with Crippen LogP contribution in [0.4, 0.5) is 5.69 Å². The molecule has 5 heteroatoms. The lowest BCUT2D eigenvalue weighted by atomic mass is 10.3. The Balaban J connectivity index is 1.97. The van der Waals surface area contributed by atoms with Gasteiger partial charge in [0.2, 0.25) is 0 Å². The second kappa shape index (κ2) is 6.33. The normalized spacial score (nSPS) is 10.2. The molecule has 0 aromatic carbocycles. The summed E-state index contributed by atoms with van der Waals surface area (Å²) in [4.78, 5) is 18.5. The highest BCUT2D eigenvalue weighted by Crippen LogP contribution is 2.14. The molecule has 2 heterocycles. The number of aryl methyl sites for hydroxylation is 1. The predicted octanol–water partition coefficient (Wildman–Crippen LogP) is 2.81. The summed E-state index contributed by atoms with van der Waals surface area (Å²) in [6.07, 6.45) is 1.64. The fourth-order valence-electron chi connectivity index (χ4n) is 1.71. The number of hydrogen-bond acceptors (Lipinski definition) is 4. The average molecular weight is 275 g/mol. The lowest BCUT2D eigenvalue weighted by Gasteiger charge is -2.06. The standard InChI is InChI=1S/C14H17N3OS/c1-3-15-11-6-7-16-13(8-11)14(18)17-9-12-5-4-10(2)19-12/h4-8H,3,9H2,1-2H3,(H,15,16)(H,17,18). The fourth-order valence-corrected chi connectivity index (χ4v) is 2.54. The molecule has 0 saturated heterocycles. The second-order valence-corrected chi connectivity index (χ2v) is 5.53. The number of amides is 1. The quantitative estimate of drug-likeness (QED) is 0.882. The molecule has 0 bridgehead atoms. The maximum absolute atomic E-state index is 12.0. The molecule has 0 atom stereocenters.